The molecule has 128 valence electrons. The molecule has 0 aliphatic carbocycles. The zero-order valence-corrected chi connectivity index (χ0v) is 14.3. The third kappa shape index (κ3) is 4.21. The number of ether oxygens (including phenoxy) is 1. The lowest BCUT2D eigenvalue weighted by molar-refractivity contribution is -0.907. The van der Waals surface area contributed by atoms with Crippen LogP contribution in [0.3, 0.4) is 0 Å². The third-order valence-corrected chi connectivity index (χ3v) is 4.15. The molecule has 2 aromatic rings. The van der Waals surface area contributed by atoms with Gasteiger partial charge >= 0.3 is 0 Å². The molecule has 0 spiro atoms. The Morgan fingerprint density at radius 3 is 2.58 bits per heavy atom. The number of carbonyl (C=O) groups is 1. The van der Waals surface area contributed by atoms with Crippen molar-refractivity contribution in [2.45, 2.75) is 33.0 Å². The van der Waals surface area contributed by atoms with E-state index in [0.717, 1.165) is 18.7 Å². The fraction of sp³-hybridized carbons (Fsp3) is 0.444. The van der Waals surface area contributed by atoms with Crippen molar-refractivity contribution >= 4 is 11.8 Å². The molecule has 1 aromatic carbocycles. The van der Waals surface area contributed by atoms with E-state index in [-0.39, 0.29) is 18.1 Å². The Balaban J connectivity index is 1.58. The SMILES string of the molecule is Cc1ccc(-c2cc(NC(=O)C[NH+]3C[C@@H](C)O[C@@H](C)C3)on2)cc1. The first-order valence-electron chi connectivity index (χ1n) is 8.32. The highest BCUT2D eigenvalue weighted by Gasteiger charge is 2.27. The van der Waals surface area contributed by atoms with E-state index in [1.54, 1.807) is 6.07 Å². The van der Waals surface area contributed by atoms with Crippen LogP contribution in [0.15, 0.2) is 34.9 Å². The van der Waals surface area contributed by atoms with Gasteiger partial charge in [-0.3, -0.25) is 10.1 Å². The first-order valence-corrected chi connectivity index (χ1v) is 8.32. The Morgan fingerprint density at radius 2 is 1.92 bits per heavy atom. The van der Waals surface area contributed by atoms with Crippen LogP contribution in [-0.4, -0.2) is 42.9 Å². The zero-order chi connectivity index (χ0) is 17.1. The van der Waals surface area contributed by atoms with E-state index in [1.807, 2.05) is 45.0 Å². The molecule has 0 saturated carbocycles. The average Bonchev–Trinajstić information content (AvgIpc) is 2.95. The third-order valence-electron chi connectivity index (χ3n) is 4.15. The van der Waals surface area contributed by atoms with E-state index >= 15 is 0 Å². The van der Waals surface area contributed by atoms with Gasteiger partial charge in [-0.05, 0) is 20.8 Å². The van der Waals surface area contributed by atoms with Gasteiger partial charge in [-0.2, -0.15) is 0 Å². The summed E-state index contributed by atoms with van der Waals surface area (Å²) < 4.78 is 10.9. The van der Waals surface area contributed by atoms with Crippen molar-refractivity contribution < 1.29 is 19.0 Å². The van der Waals surface area contributed by atoms with Crippen molar-refractivity contribution in [3.8, 4) is 11.3 Å². The molecule has 0 bridgehead atoms. The standard InChI is InChI=1S/C18H23N3O3/c1-12-4-6-15(7-5-12)16-8-18(24-20-16)19-17(22)11-21-9-13(2)23-14(3)10-21/h4-8,13-14H,9-11H2,1-3H3,(H,19,22)/p+1/t13-,14+. The summed E-state index contributed by atoms with van der Waals surface area (Å²) in [6.45, 7) is 8.19. The fourth-order valence-electron chi connectivity index (χ4n) is 3.14. The van der Waals surface area contributed by atoms with E-state index in [0.29, 0.717) is 18.1 Å². The molecule has 1 unspecified atom stereocenters. The fourth-order valence-corrected chi connectivity index (χ4v) is 3.14. The van der Waals surface area contributed by atoms with Gasteiger partial charge in [0.15, 0.2) is 6.54 Å². The number of benzene rings is 1. The molecule has 1 amide bonds. The zero-order valence-electron chi connectivity index (χ0n) is 14.3. The van der Waals surface area contributed by atoms with Crippen LogP contribution in [0.4, 0.5) is 5.88 Å². The largest absolute Gasteiger partial charge is 0.364 e. The van der Waals surface area contributed by atoms with Crippen LogP contribution < -0.4 is 10.2 Å². The van der Waals surface area contributed by atoms with Crippen LogP contribution in [0.25, 0.3) is 11.3 Å². The van der Waals surface area contributed by atoms with Crippen LogP contribution in [0.1, 0.15) is 19.4 Å². The maximum atomic E-state index is 12.2. The number of aromatic nitrogens is 1. The molecule has 1 aliphatic rings. The number of rotatable bonds is 4. The van der Waals surface area contributed by atoms with Crippen LogP contribution in [-0.2, 0) is 9.53 Å². The van der Waals surface area contributed by atoms with Crippen LogP contribution in [0, 0.1) is 6.92 Å². The van der Waals surface area contributed by atoms with Gasteiger partial charge in [0.25, 0.3) is 5.91 Å². The summed E-state index contributed by atoms with van der Waals surface area (Å²) in [5, 5.41) is 6.81. The average molecular weight is 330 g/mol. The topological polar surface area (TPSA) is 68.8 Å². The van der Waals surface area contributed by atoms with Crippen LogP contribution in [0.5, 0.6) is 0 Å². The Hall–Kier alpha value is -2.18. The minimum atomic E-state index is -0.0714. The molecule has 1 saturated heterocycles. The highest BCUT2D eigenvalue weighted by atomic mass is 16.5. The number of nitrogens with one attached hydrogen (secondary N) is 2. The monoisotopic (exact) mass is 330 g/mol. The van der Waals surface area contributed by atoms with Gasteiger partial charge in [-0.25, -0.2) is 0 Å². The molecule has 1 fully saturated rings. The van der Waals surface area contributed by atoms with E-state index in [1.165, 1.54) is 10.5 Å². The van der Waals surface area contributed by atoms with Gasteiger partial charge in [0.05, 0.1) is 0 Å². The molecule has 6 nitrogen and oxygen atoms in total. The summed E-state index contributed by atoms with van der Waals surface area (Å²) in [4.78, 5) is 13.4. The van der Waals surface area contributed by atoms with Gasteiger partial charge in [-0.15, -0.1) is 0 Å². The molecule has 1 aromatic heterocycles. The van der Waals surface area contributed by atoms with Gasteiger partial charge in [-0.1, -0.05) is 35.0 Å². The highest BCUT2D eigenvalue weighted by molar-refractivity contribution is 5.90. The Labute approximate surface area is 141 Å². The minimum Gasteiger partial charge on any atom is -0.364 e. The number of morpholine rings is 1. The molecule has 3 atom stereocenters. The second kappa shape index (κ2) is 7.15. The van der Waals surface area contributed by atoms with Crippen molar-refractivity contribution in [1.29, 1.82) is 0 Å². The van der Waals surface area contributed by atoms with Crippen molar-refractivity contribution in [3.63, 3.8) is 0 Å². The number of quaternary nitrogens is 1. The Kier molecular flexibility index (Phi) is 4.97. The molecule has 24 heavy (non-hydrogen) atoms. The first-order chi connectivity index (χ1) is 11.5. The lowest BCUT2D eigenvalue weighted by Gasteiger charge is -2.31. The van der Waals surface area contributed by atoms with E-state index in [9.17, 15) is 4.79 Å². The lowest BCUT2D eigenvalue weighted by Crippen LogP contribution is -3.16. The summed E-state index contributed by atoms with van der Waals surface area (Å²) in [5.74, 6) is 0.308. The predicted molar refractivity (Wildman–Crippen MR) is 90.9 cm³/mol. The highest BCUT2D eigenvalue weighted by Crippen LogP contribution is 2.21. The molecular weight excluding hydrogens is 306 g/mol. The second-order valence-corrected chi connectivity index (χ2v) is 6.58. The minimum absolute atomic E-state index is 0.0714. The second-order valence-electron chi connectivity index (χ2n) is 6.58. The van der Waals surface area contributed by atoms with E-state index in [4.69, 9.17) is 9.26 Å². The smallest absolute Gasteiger partial charge is 0.281 e. The lowest BCUT2D eigenvalue weighted by atomic mass is 10.1. The quantitative estimate of drug-likeness (QED) is 0.886. The van der Waals surface area contributed by atoms with Gasteiger partial charge < -0.3 is 14.2 Å². The number of nitrogens with zero attached hydrogens (tertiary/aromatic N) is 1. The summed E-state index contributed by atoms with van der Waals surface area (Å²) >= 11 is 0. The Bertz CT molecular complexity index is 686. The van der Waals surface area contributed by atoms with Crippen molar-refractivity contribution in [3.05, 3.63) is 35.9 Å². The van der Waals surface area contributed by atoms with Crippen molar-refractivity contribution in [1.82, 2.24) is 5.16 Å². The maximum absolute atomic E-state index is 12.2. The molecule has 1 aliphatic heterocycles. The normalized spacial score (nSPS) is 23.9. The molecule has 6 heteroatoms. The molecular formula is C18H24N3O3+. The number of hydrogen-bond acceptors (Lipinski definition) is 4. The summed E-state index contributed by atoms with van der Waals surface area (Å²) in [5.41, 5.74) is 2.87. The number of anilines is 1. The van der Waals surface area contributed by atoms with Crippen LogP contribution >= 0.6 is 0 Å². The molecule has 2 N–H and O–H groups in total. The number of amides is 1. The van der Waals surface area contributed by atoms with Crippen molar-refractivity contribution in [2.24, 2.45) is 0 Å². The molecule has 2 heterocycles. The molecule has 3 rings (SSSR count). The number of carbonyl (C=O) groups excluding carboxylic acids is 1. The van der Waals surface area contributed by atoms with Gasteiger partial charge in [0.1, 0.15) is 31.0 Å². The van der Waals surface area contributed by atoms with E-state index < -0.39 is 0 Å². The number of hydrogen-bond donors (Lipinski definition) is 2. The maximum Gasteiger partial charge on any atom is 0.281 e. The Morgan fingerprint density at radius 1 is 1.25 bits per heavy atom. The van der Waals surface area contributed by atoms with Crippen molar-refractivity contribution in [2.75, 3.05) is 25.0 Å². The first kappa shape index (κ1) is 16.7. The van der Waals surface area contributed by atoms with Gasteiger partial charge in [0, 0.05) is 11.6 Å². The summed E-state index contributed by atoms with van der Waals surface area (Å²) in [7, 11) is 0. The molecule has 0 radical (unpaired) electrons. The van der Waals surface area contributed by atoms with Crippen LogP contribution in [0.2, 0.25) is 0 Å². The summed E-state index contributed by atoms with van der Waals surface area (Å²) in [6.07, 6.45) is 0.352. The number of aryl methyl sites for hydroxylation is 1. The van der Waals surface area contributed by atoms with Gasteiger partial charge in [0.2, 0.25) is 5.88 Å². The summed E-state index contributed by atoms with van der Waals surface area (Å²) in [6, 6.07) is 9.76. The van der Waals surface area contributed by atoms with E-state index in [2.05, 4.69) is 10.5 Å². The predicted octanol–water partition coefficient (Wildman–Crippen LogP) is 1.28.